The molecule has 16 heavy (non-hydrogen) atoms. The maximum absolute atomic E-state index is 11.0. The highest BCUT2D eigenvalue weighted by Crippen LogP contribution is 2.37. The lowest BCUT2D eigenvalue weighted by molar-refractivity contribution is 0.0688. The summed E-state index contributed by atoms with van der Waals surface area (Å²) in [5, 5.41) is 15.8. The first-order valence-electron chi connectivity index (χ1n) is 5.69. The van der Waals surface area contributed by atoms with Gasteiger partial charge in [0, 0.05) is 11.3 Å². The Morgan fingerprint density at radius 3 is 2.75 bits per heavy atom. The number of aromatic carboxylic acids is 1. The molecule has 0 aromatic carbocycles. The van der Waals surface area contributed by atoms with Crippen LogP contribution >= 0.6 is 0 Å². The molecule has 1 heterocycles. The molecule has 0 spiro atoms. The van der Waals surface area contributed by atoms with Crippen LogP contribution in [-0.2, 0) is 12.8 Å². The summed E-state index contributed by atoms with van der Waals surface area (Å²) in [7, 11) is 0. The van der Waals surface area contributed by atoms with E-state index < -0.39 is 5.97 Å². The largest absolute Gasteiger partial charge is 0.476 e. The molecule has 1 aliphatic carbocycles. The predicted molar refractivity (Wildman–Crippen MR) is 60.5 cm³/mol. The van der Waals surface area contributed by atoms with Crippen molar-refractivity contribution in [1.82, 2.24) is 10.2 Å². The number of hydrogen-bond acceptors (Lipinski definition) is 2. The fraction of sp³-hybridized carbons (Fsp3) is 0.667. The zero-order valence-corrected chi connectivity index (χ0v) is 10.0. The number of rotatable bonds is 1. The van der Waals surface area contributed by atoms with E-state index in [0.29, 0.717) is 5.92 Å². The molecule has 0 amide bonds. The third-order valence-corrected chi connectivity index (χ3v) is 3.57. The van der Waals surface area contributed by atoms with Crippen molar-refractivity contribution in [1.29, 1.82) is 0 Å². The van der Waals surface area contributed by atoms with Crippen LogP contribution in [0.4, 0.5) is 0 Å². The quantitative estimate of drug-likeness (QED) is 0.766. The number of aromatic amines is 1. The van der Waals surface area contributed by atoms with E-state index in [1.54, 1.807) is 0 Å². The number of hydrogen-bond donors (Lipinski definition) is 2. The summed E-state index contributed by atoms with van der Waals surface area (Å²) < 4.78 is 0. The van der Waals surface area contributed by atoms with Crippen LogP contribution in [0.25, 0.3) is 0 Å². The number of nitrogens with one attached hydrogen (secondary N) is 1. The fourth-order valence-corrected chi connectivity index (χ4v) is 2.41. The summed E-state index contributed by atoms with van der Waals surface area (Å²) >= 11 is 0. The van der Waals surface area contributed by atoms with Crippen molar-refractivity contribution in [3.8, 4) is 0 Å². The Hall–Kier alpha value is -1.32. The van der Waals surface area contributed by atoms with Crippen molar-refractivity contribution in [2.45, 2.75) is 40.0 Å². The summed E-state index contributed by atoms with van der Waals surface area (Å²) in [5.74, 6) is -0.386. The Kier molecular flexibility index (Phi) is 2.52. The molecular formula is C12H18N2O2. The molecule has 2 rings (SSSR count). The maximum Gasteiger partial charge on any atom is 0.356 e. The molecule has 1 aliphatic rings. The molecule has 0 saturated heterocycles. The molecule has 4 heteroatoms. The number of aryl methyl sites for hydroxylation is 1. The van der Waals surface area contributed by atoms with E-state index in [1.807, 2.05) is 0 Å². The SMILES string of the molecule is CC(C)(C)[C@H]1CCc2[nH]nc(C(=O)O)c2C1. The van der Waals surface area contributed by atoms with Crippen LogP contribution in [0.2, 0.25) is 0 Å². The van der Waals surface area contributed by atoms with Crippen molar-refractivity contribution >= 4 is 5.97 Å². The third kappa shape index (κ3) is 1.84. The molecule has 88 valence electrons. The van der Waals surface area contributed by atoms with E-state index in [-0.39, 0.29) is 11.1 Å². The zero-order valence-electron chi connectivity index (χ0n) is 10.0. The smallest absolute Gasteiger partial charge is 0.356 e. The van der Waals surface area contributed by atoms with Crippen molar-refractivity contribution in [3.63, 3.8) is 0 Å². The fourth-order valence-electron chi connectivity index (χ4n) is 2.41. The van der Waals surface area contributed by atoms with E-state index >= 15 is 0 Å². The van der Waals surface area contributed by atoms with Gasteiger partial charge in [0.1, 0.15) is 0 Å². The minimum Gasteiger partial charge on any atom is -0.476 e. The number of carboxylic acid groups (broad SMARTS) is 1. The zero-order chi connectivity index (χ0) is 11.9. The van der Waals surface area contributed by atoms with Crippen LogP contribution in [-0.4, -0.2) is 21.3 Å². The Bertz CT molecular complexity index is 415. The van der Waals surface area contributed by atoms with Gasteiger partial charge in [0.25, 0.3) is 0 Å². The van der Waals surface area contributed by atoms with Gasteiger partial charge in [-0.15, -0.1) is 0 Å². The first-order valence-corrected chi connectivity index (χ1v) is 5.69. The van der Waals surface area contributed by atoms with E-state index in [4.69, 9.17) is 5.11 Å². The van der Waals surface area contributed by atoms with Crippen LogP contribution in [0.15, 0.2) is 0 Å². The second kappa shape index (κ2) is 3.61. The minimum absolute atomic E-state index is 0.212. The van der Waals surface area contributed by atoms with Gasteiger partial charge in [-0.25, -0.2) is 4.79 Å². The van der Waals surface area contributed by atoms with Gasteiger partial charge in [0.2, 0.25) is 0 Å². The van der Waals surface area contributed by atoms with Gasteiger partial charge in [-0.3, -0.25) is 5.10 Å². The lowest BCUT2D eigenvalue weighted by Crippen LogP contribution is -2.27. The molecular weight excluding hydrogens is 204 g/mol. The standard InChI is InChI=1S/C12H18N2O2/c1-12(2,3)7-4-5-9-8(6-7)10(11(15)16)14-13-9/h7H,4-6H2,1-3H3,(H,13,14)(H,15,16)/t7-/m0/s1. The molecule has 1 aromatic rings. The van der Waals surface area contributed by atoms with Gasteiger partial charge in [0.15, 0.2) is 5.69 Å². The second-order valence-electron chi connectivity index (χ2n) is 5.64. The Labute approximate surface area is 95.1 Å². The molecule has 0 bridgehead atoms. The third-order valence-electron chi connectivity index (χ3n) is 3.57. The molecule has 0 radical (unpaired) electrons. The van der Waals surface area contributed by atoms with E-state index in [9.17, 15) is 4.79 Å². The lowest BCUT2D eigenvalue weighted by atomic mass is 9.71. The average molecular weight is 222 g/mol. The van der Waals surface area contributed by atoms with Gasteiger partial charge >= 0.3 is 5.97 Å². The van der Waals surface area contributed by atoms with Gasteiger partial charge in [0.05, 0.1) is 0 Å². The van der Waals surface area contributed by atoms with Crippen molar-refractivity contribution < 1.29 is 9.90 Å². The van der Waals surface area contributed by atoms with Gasteiger partial charge in [-0.1, -0.05) is 20.8 Å². The number of carbonyl (C=O) groups is 1. The maximum atomic E-state index is 11.0. The van der Waals surface area contributed by atoms with Crippen LogP contribution < -0.4 is 0 Å². The minimum atomic E-state index is -0.924. The highest BCUT2D eigenvalue weighted by Gasteiger charge is 2.32. The van der Waals surface area contributed by atoms with Crippen LogP contribution in [0.3, 0.4) is 0 Å². The first-order chi connectivity index (χ1) is 7.39. The van der Waals surface area contributed by atoms with Crippen molar-refractivity contribution in [2.24, 2.45) is 11.3 Å². The summed E-state index contributed by atoms with van der Waals surface area (Å²) in [6.07, 6.45) is 2.85. The summed E-state index contributed by atoms with van der Waals surface area (Å²) in [4.78, 5) is 11.0. The van der Waals surface area contributed by atoms with Crippen molar-refractivity contribution in [3.05, 3.63) is 17.0 Å². The Balaban J connectivity index is 2.31. The highest BCUT2D eigenvalue weighted by molar-refractivity contribution is 5.87. The summed E-state index contributed by atoms with van der Waals surface area (Å²) in [5.41, 5.74) is 2.37. The molecule has 0 unspecified atom stereocenters. The van der Waals surface area contributed by atoms with Crippen LogP contribution in [0, 0.1) is 11.3 Å². The van der Waals surface area contributed by atoms with E-state index in [1.165, 1.54) is 0 Å². The van der Waals surface area contributed by atoms with Crippen molar-refractivity contribution in [2.75, 3.05) is 0 Å². The number of fused-ring (bicyclic) bond motifs is 1. The Morgan fingerprint density at radius 1 is 1.50 bits per heavy atom. The summed E-state index contributed by atoms with van der Waals surface area (Å²) in [6.45, 7) is 6.63. The lowest BCUT2D eigenvalue weighted by Gasteiger charge is -2.33. The van der Waals surface area contributed by atoms with Gasteiger partial charge in [-0.2, -0.15) is 5.10 Å². The second-order valence-corrected chi connectivity index (χ2v) is 5.64. The first kappa shape index (κ1) is 11.2. The van der Waals surface area contributed by atoms with Gasteiger partial charge in [-0.05, 0) is 30.6 Å². The average Bonchev–Trinajstić information content (AvgIpc) is 2.58. The number of nitrogens with zero attached hydrogens (tertiary/aromatic N) is 1. The van der Waals surface area contributed by atoms with Crippen LogP contribution in [0.1, 0.15) is 48.9 Å². The molecule has 4 nitrogen and oxygen atoms in total. The van der Waals surface area contributed by atoms with E-state index in [2.05, 4.69) is 31.0 Å². The molecule has 0 saturated carbocycles. The van der Waals surface area contributed by atoms with Crippen LogP contribution in [0.5, 0.6) is 0 Å². The molecule has 0 aliphatic heterocycles. The number of aromatic nitrogens is 2. The van der Waals surface area contributed by atoms with E-state index in [0.717, 1.165) is 30.5 Å². The van der Waals surface area contributed by atoms with Gasteiger partial charge < -0.3 is 5.11 Å². The Morgan fingerprint density at radius 2 is 2.19 bits per heavy atom. The number of carboxylic acids is 1. The summed E-state index contributed by atoms with van der Waals surface area (Å²) in [6, 6.07) is 0. The monoisotopic (exact) mass is 222 g/mol. The molecule has 0 fully saturated rings. The number of H-pyrrole nitrogens is 1. The molecule has 1 atom stereocenters. The highest BCUT2D eigenvalue weighted by atomic mass is 16.4. The normalized spacial score (nSPS) is 20.6. The topological polar surface area (TPSA) is 66.0 Å². The molecule has 1 aromatic heterocycles. The molecule has 2 N–H and O–H groups in total. The predicted octanol–water partition coefficient (Wildman–Crippen LogP) is 2.26.